The van der Waals surface area contributed by atoms with Crippen LogP contribution in [0.4, 0.5) is 0 Å². The van der Waals surface area contributed by atoms with Gasteiger partial charge in [-0.15, -0.1) is 0 Å². The molecule has 1 aromatic carbocycles. The third-order valence-corrected chi connectivity index (χ3v) is 12.1. The van der Waals surface area contributed by atoms with Crippen LogP contribution in [0, 0.1) is 5.92 Å². The van der Waals surface area contributed by atoms with Crippen molar-refractivity contribution in [1.29, 1.82) is 0 Å². The number of likely N-dealkylation sites (N-methyl/N-ethyl adjacent to an activating group) is 1. The predicted octanol–water partition coefficient (Wildman–Crippen LogP) is 4.00. The standard InChI is InChI=1S/C18H19Br4NO3/c1-23-4-3-18-8-6-5-7(23)9(18)11(20)12(21)14(24)17(18)26-15(8)16(25-2)13(22)10(6)19/h7,9,11-12,14,17,24H,3-5H2,1-2H3/t7-,9+,11+,12-,14-,17-,18+/m0/s1. The number of hydrogen-bond donors (Lipinski definition) is 1. The molecule has 0 aromatic heterocycles. The first kappa shape index (κ1) is 18.7. The number of nitrogens with zero attached hydrogens (tertiary/aromatic N) is 1. The highest BCUT2D eigenvalue weighted by Gasteiger charge is 2.69. The summed E-state index contributed by atoms with van der Waals surface area (Å²) in [6, 6.07) is 0.404. The summed E-state index contributed by atoms with van der Waals surface area (Å²) in [5.74, 6) is 1.90. The molecule has 2 aliphatic carbocycles. The average Bonchev–Trinajstić information content (AvgIpc) is 2.96. The molecular formula is C18H19Br4NO3. The maximum Gasteiger partial charge on any atom is 0.176 e. The fourth-order valence-corrected chi connectivity index (χ4v) is 8.76. The van der Waals surface area contributed by atoms with Crippen LogP contribution in [0.5, 0.6) is 11.5 Å². The summed E-state index contributed by atoms with van der Waals surface area (Å²) in [4.78, 5) is 2.61. The van der Waals surface area contributed by atoms with Gasteiger partial charge >= 0.3 is 0 Å². The summed E-state index contributed by atoms with van der Waals surface area (Å²) >= 11 is 15.2. The van der Waals surface area contributed by atoms with Gasteiger partial charge in [-0.2, -0.15) is 0 Å². The van der Waals surface area contributed by atoms with Crippen molar-refractivity contribution < 1.29 is 14.6 Å². The van der Waals surface area contributed by atoms with Crippen LogP contribution < -0.4 is 9.47 Å². The Kier molecular flexibility index (Phi) is 4.37. The predicted molar refractivity (Wildman–Crippen MR) is 114 cm³/mol. The molecule has 0 unspecified atom stereocenters. The minimum Gasteiger partial charge on any atom is -0.492 e. The van der Waals surface area contributed by atoms with Crippen LogP contribution >= 0.6 is 63.7 Å². The first-order chi connectivity index (χ1) is 12.3. The number of aliphatic hydroxyl groups is 1. The van der Waals surface area contributed by atoms with Gasteiger partial charge in [0.05, 0.1) is 16.4 Å². The van der Waals surface area contributed by atoms with Crippen molar-refractivity contribution in [3.05, 3.63) is 20.1 Å². The molecule has 2 bridgehead atoms. The number of piperidine rings is 1. The van der Waals surface area contributed by atoms with Crippen molar-refractivity contribution in [2.24, 2.45) is 5.92 Å². The summed E-state index contributed by atoms with van der Waals surface area (Å²) in [5.41, 5.74) is 2.36. The number of ether oxygens (including phenoxy) is 2. The molecular weight excluding hydrogens is 598 g/mol. The maximum atomic E-state index is 11.1. The molecule has 1 N–H and O–H groups in total. The van der Waals surface area contributed by atoms with Gasteiger partial charge in [-0.05, 0) is 63.9 Å². The Morgan fingerprint density at radius 1 is 1.23 bits per heavy atom. The van der Waals surface area contributed by atoms with Crippen LogP contribution in [0.2, 0.25) is 0 Å². The number of rotatable bonds is 1. The van der Waals surface area contributed by atoms with E-state index in [1.807, 2.05) is 0 Å². The van der Waals surface area contributed by atoms with Gasteiger partial charge < -0.3 is 19.5 Å². The van der Waals surface area contributed by atoms with Gasteiger partial charge in [0, 0.05) is 32.2 Å². The molecule has 0 radical (unpaired) electrons. The molecule has 1 spiro atoms. The number of halogens is 4. The minimum atomic E-state index is -0.583. The normalized spacial score (nSPS) is 43.0. The third kappa shape index (κ3) is 2.02. The molecule has 8 heteroatoms. The van der Waals surface area contributed by atoms with E-state index in [-0.39, 0.29) is 21.2 Å². The Morgan fingerprint density at radius 2 is 1.96 bits per heavy atom. The zero-order chi connectivity index (χ0) is 18.5. The zero-order valence-corrected chi connectivity index (χ0v) is 20.7. The van der Waals surface area contributed by atoms with Crippen molar-refractivity contribution >= 4 is 63.7 Å². The Labute approximate surface area is 186 Å². The summed E-state index contributed by atoms with van der Waals surface area (Å²) in [5, 5.41) is 11.1. The number of methoxy groups -OCH3 is 1. The fraction of sp³-hybridized carbons (Fsp3) is 0.667. The number of benzene rings is 1. The lowest BCUT2D eigenvalue weighted by Gasteiger charge is -2.61. The summed E-state index contributed by atoms with van der Waals surface area (Å²) in [6.45, 7) is 1.01. The van der Waals surface area contributed by atoms with E-state index in [0.717, 1.165) is 39.8 Å². The van der Waals surface area contributed by atoms with Crippen LogP contribution in [-0.4, -0.2) is 58.6 Å². The second-order valence-corrected chi connectivity index (χ2v) is 11.5. The largest absolute Gasteiger partial charge is 0.492 e. The van der Waals surface area contributed by atoms with Gasteiger partial charge in [0.1, 0.15) is 12.2 Å². The molecule has 2 fully saturated rings. The van der Waals surface area contributed by atoms with Gasteiger partial charge in [0.25, 0.3) is 0 Å². The van der Waals surface area contributed by atoms with Crippen LogP contribution in [0.1, 0.15) is 17.5 Å². The zero-order valence-electron chi connectivity index (χ0n) is 14.3. The smallest absolute Gasteiger partial charge is 0.176 e. The topological polar surface area (TPSA) is 41.9 Å². The van der Waals surface area contributed by atoms with E-state index >= 15 is 0 Å². The Balaban J connectivity index is 1.86. The SMILES string of the molecule is COc1c(Br)c(Br)c2c3c1O[C@H]1[C@@H](O)[C@@H](Br)[C@H](Br)[C@H]4[C@H](C2)N(C)CC[C@@]341. The Bertz CT molecular complexity index is 805. The van der Waals surface area contributed by atoms with E-state index in [4.69, 9.17) is 9.47 Å². The van der Waals surface area contributed by atoms with Crippen molar-refractivity contribution in [3.8, 4) is 11.5 Å². The number of likely N-dealkylation sites (tertiary alicyclic amines) is 1. The maximum absolute atomic E-state index is 11.1. The lowest BCUT2D eigenvalue weighted by atomic mass is 9.51. The summed E-state index contributed by atoms with van der Waals surface area (Å²) < 4.78 is 14.2. The van der Waals surface area contributed by atoms with Crippen molar-refractivity contribution in [2.45, 2.75) is 46.2 Å². The highest BCUT2D eigenvalue weighted by molar-refractivity contribution is 9.13. The molecule has 1 saturated carbocycles. The first-order valence-electron chi connectivity index (χ1n) is 8.76. The van der Waals surface area contributed by atoms with Gasteiger partial charge in [-0.25, -0.2) is 0 Å². The third-order valence-electron chi connectivity index (χ3n) is 6.96. The highest BCUT2D eigenvalue weighted by atomic mass is 79.9. The quantitative estimate of drug-likeness (QED) is 0.485. The Morgan fingerprint density at radius 3 is 2.65 bits per heavy atom. The molecule has 1 aromatic rings. The summed E-state index contributed by atoms with van der Waals surface area (Å²) in [6.07, 6.45) is 1.10. The van der Waals surface area contributed by atoms with Gasteiger partial charge in [0.15, 0.2) is 11.5 Å². The van der Waals surface area contributed by atoms with E-state index < -0.39 is 6.10 Å². The van der Waals surface area contributed by atoms with Crippen LogP contribution in [0.25, 0.3) is 0 Å². The van der Waals surface area contributed by atoms with Crippen molar-refractivity contribution in [1.82, 2.24) is 4.90 Å². The molecule has 5 rings (SSSR count). The lowest BCUT2D eigenvalue weighted by molar-refractivity contribution is -0.0908. The van der Waals surface area contributed by atoms with E-state index in [0.29, 0.717) is 12.0 Å². The molecule has 7 atom stereocenters. The number of hydrogen-bond acceptors (Lipinski definition) is 4. The van der Waals surface area contributed by atoms with Crippen molar-refractivity contribution in [3.63, 3.8) is 0 Å². The van der Waals surface area contributed by atoms with E-state index in [1.54, 1.807) is 7.11 Å². The molecule has 4 nitrogen and oxygen atoms in total. The second kappa shape index (κ2) is 6.08. The van der Waals surface area contributed by atoms with Crippen LogP contribution in [-0.2, 0) is 11.8 Å². The minimum absolute atomic E-state index is 0.0478. The fourth-order valence-electron chi connectivity index (χ4n) is 5.90. The van der Waals surface area contributed by atoms with E-state index in [2.05, 4.69) is 75.7 Å². The number of aliphatic hydroxyl groups excluding tert-OH is 1. The summed E-state index contributed by atoms with van der Waals surface area (Å²) in [7, 11) is 3.89. The molecule has 4 aliphatic rings. The van der Waals surface area contributed by atoms with Gasteiger partial charge in [-0.1, -0.05) is 31.9 Å². The second-order valence-electron chi connectivity index (χ2n) is 7.83. The molecule has 142 valence electrons. The van der Waals surface area contributed by atoms with E-state index in [9.17, 15) is 5.11 Å². The first-order valence-corrected chi connectivity index (χ1v) is 12.2. The van der Waals surface area contributed by atoms with Crippen LogP contribution in [0.15, 0.2) is 8.95 Å². The van der Waals surface area contributed by atoms with Gasteiger partial charge in [0.2, 0.25) is 0 Å². The average molecular weight is 617 g/mol. The molecule has 1 saturated heterocycles. The molecule has 2 heterocycles. The number of alkyl halides is 2. The molecule has 2 aliphatic heterocycles. The molecule has 0 amide bonds. The monoisotopic (exact) mass is 613 g/mol. The van der Waals surface area contributed by atoms with E-state index in [1.165, 1.54) is 11.1 Å². The molecule has 26 heavy (non-hydrogen) atoms. The highest BCUT2D eigenvalue weighted by Crippen LogP contribution is 2.67. The van der Waals surface area contributed by atoms with Crippen molar-refractivity contribution in [2.75, 3.05) is 20.7 Å². The Hall–Kier alpha value is 0.660. The van der Waals surface area contributed by atoms with Gasteiger partial charge in [-0.3, -0.25) is 0 Å². The van der Waals surface area contributed by atoms with Crippen LogP contribution in [0.3, 0.4) is 0 Å². The lowest BCUT2D eigenvalue weighted by Crippen LogP contribution is -2.72.